The lowest BCUT2D eigenvalue weighted by Crippen LogP contribution is -2.22. The van der Waals surface area contributed by atoms with Gasteiger partial charge >= 0.3 is 0 Å². The predicted octanol–water partition coefficient (Wildman–Crippen LogP) is 2.93. The second-order valence-corrected chi connectivity index (χ2v) is 5.96. The fourth-order valence-corrected chi connectivity index (χ4v) is 3.16. The third-order valence-corrected chi connectivity index (χ3v) is 4.14. The van der Waals surface area contributed by atoms with Gasteiger partial charge in [0.2, 0.25) is 0 Å². The largest absolute Gasteiger partial charge is 0.355 e. The molecule has 1 N–H and O–H groups in total. The summed E-state index contributed by atoms with van der Waals surface area (Å²) < 4.78 is 1.99. The molecule has 2 rings (SSSR count). The summed E-state index contributed by atoms with van der Waals surface area (Å²) in [5.41, 5.74) is 3.77. The molecule has 0 aliphatic heterocycles. The summed E-state index contributed by atoms with van der Waals surface area (Å²) in [6, 6.07) is 2.18. The highest BCUT2D eigenvalue weighted by Gasteiger charge is 2.16. The van der Waals surface area contributed by atoms with Crippen LogP contribution in [-0.4, -0.2) is 23.4 Å². The molecule has 0 fully saturated rings. The topological polar surface area (TPSA) is 33.1 Å². The van der Waals surface area contributed by atoms with E-state index in [0.717, 1.165) is 31.7 Å². The van der Waals surface area contributed by atoms with Crippen LogP contribution in [0, 0.1) is 6.92 Å². The highest BCUT2D eigenvalue weighted by molar-refractivity contribution is 7.07. The van der Waals surface area contributed by atoms with Gasteiger partial charge in [0.05, 0.1) is 5.69 Å². The van der Waals surface area contributed by atoms with Gasteiger partial charge in [0.15, 0.2) is 0 Å². The number of hydrogen-bond acceptors (Lipinski definition) is 4. The Morgan fingerprint density at radius 1 is 1.45 bits per heavy atom. The molecule has 0 saturated carbocycles. The van der Waals surface area contributed by atoms with E-state index < -0.39 is 0 Å². The smallest absolute Gasteiger partial charge is 0.131 e. The van der Waals surface area contributed by atoms with Crippen LogP contribution >= 0.6 is 11.3 Å². The van der Waals surface area contributed by atoms with Gasteiger partial charge in [-0.05, 0) is 42.3 Å². The number of anilines is 1. The summed E-state index contributed by atoms with van der Waals surface area (Å²) >= 11 is 1.75. The number of nitrogens with one attached hydrogen (secondary N) is 1. The highest BCUT2D eigenvalue weighted by Crippen LogP contribution is 2.24. The molecule has 110 valence electrons. The molecule has 0 aliphatic rings. The number of aryl methyl sites for hydroxylation is 2. The molecule has 5 heteroatoms. The van der Waals surface area contributed by atoms with Crippen molar-refractivity contribution in [2.75, 3.05) is 18.5 Å². The fraction of sp³-hybridized carbons (Fsp3) is 0.533. The van der Waals surface area contributed by atoms with Crippen molar-refractivity contribution in [3.05, 3.63) is 33.6 Å². The van der Waals surface area contributed by atoms with Crippen LogP contribution in [-0.2, 0) is 20.1 Å². The molecule has 2 aromatic heterocycles. The van der Waals surface area contributed by atoms with Crippen molar-refractivity contribution < 1.29 is 0 Å². The molecular formula is C15H24N4S. The Hall–Kier alpha value is -1.33. The van der Waals surface area contributed by atoms with E-state index in [1.54, 1.807) is 11.3 Å². The van der Waals surface area contributed by atoms with Crippen LogP contribution in [0.2, 0.25) is 0 Å². The summed E-state index contributed by atoms with van der Waals surface area (Å²) in [6.07, 6.45) is 1.15. The standard InChI is InChI=1S/C15H24N4S/c1-5-7-16-9-14-12(2)17-19(4)15(14)18(3)10-13-6-8-20-11-13/h6,8,11,16H,5,7,9-10H2,1-4H3. The number of thiophene rings is 1. The van der Waals surface area contributed by atoms with Gasteiger partial charge < -0.3 is 10.2 Å². The summed E-state index contributed by atoms with van der Waals surface area (Å²) in [7, 11) is 4.16. The summed E-state index contributed by atoms with van der Waals surface area (Å²) in [6.45, 7) is 7.12. The van der Waals surface area contributed by atoms with Crippen molar-refractivity contribution in [1.82, 2.24) is 15.1 Å². The Kier molecular flexibility index (Phi) is 5.20. The van der Waals surface area contributed by atoms with E-state index in [4.69, 9.17) is 0 Å². The second kappa shape index (κ2) is 6.90. The van der Waals surface area contributed by atoms with Crippen molar-refractivity contribution in [2.24, 2.45) is 7.05 Å². The fourth-order valence-electron chi connectivity index (χ4n) is 2.50. The molecule has 0 aliphatic carbocycles. The van der Waals surface area contributed by atoms with Crippen molar-refractivity contribution in [2.45, 2.75) is 33.4 Å². The molecule has 20 heavy (non-hydrogen) atoms. The quantitative estimate of drug-likeness (QED) is 0.797. The Balaban J connectivity index is 2.16. The SMILES string of the molecule is CCCNCc1c(C)nn(C)c1N(C)Cc1ccsc1. The number of rotatable bonds is 7. The molecule has 0 saturated heterocycles. The molecule has 0 aromatic carbocycles. The second-order valence-electron chi connectivity index (χ2n) is 5.18. The lowest BCUT2D eigenvalue weighted by atomic mass is 10.2. The first-order valence-electron chi connectivity index (χ1n) is 7.08. The maximum absolute atomic E-state index is 4.58. The van der Waals surface area contributed by atoms with Gasteiger partial charge in [0.25, 0.3) is 0 Å². The molecule has 4 nitrogen and oxygen atoms in total. The van der Waals surface area contributed by atoms with Crippen molar-refractivity contribution in [1.29, 1.82) is 0 Å². The zero-order chi connectivity index (χ0) is 14.5. The summed E-state index contributed by atoms with van der Waals surface area (Å²) in [5.74, 6) is 1.21. The van der Waals surface area contributed by atoms with Gasteiger partial charge in [-0.3, -0.25) is 4.68 Å². The molecule has 2 aromatic rings. The van der Waals surface area contributed by atoms with Gasteiger partial charge in [0, 0.05) is 32.7 Å². The molecule has 0 unspecified atom stereocenters. The van der Waals surface area contributed by atoms with E-state index >= 15 is 0 Å². The maximum Gasteiger partial charge on any atom is 0.131 e. The third kappa shape index (κ3) is 3.41. The molecule has 0 amide bonds. The molecule has 0 spiro atoms. The van der Waals surface area contributed by atoms with E-state index in [2.05, 4.69) is 53.0 Å². The van der Waals surface area contributed by atoms with Gasteiger partial charge in [-0.1, -0.05) is 6.92 Å². The lowest BCUT2D eigenvalue weighted by Gasteiger charge is -2.21. The molecule has 0 bridgehead atoms. The molecular weight excluding hydrogens is 268 g/mol. The van der Waals surface area contributed by atoms with Crippen LogP contribution in [0.3, 0.4) is 0 Å². The zero-order valence-corrected chi connectivity index (χ0v) is 13.6. The van der Waals surface area contributed by atoms with Crippen LogP contribution in [0.15, 0.2) is 16.8 Å². The third-order valence-electron chi connectivity index (χ3n) is 3.40. The average Bonchev–Trinajstić information content (AvgIpc) is 2.98. The normalized spacial score (nSPS) is 11.0. The van der Waals surface area contributed by atoms with Gasteiger partial charge in [0.1, 0.15) is 5.82 Å². The minimum Gasteiger partial charge on any atom is -0.355 e. The Morgan fingerprint density at radius 3 is 2.90 bits per heavy atom. The van der Waals surface area contributed by atoms with Gasteiger partial charge in [-0.25, -0.2) is 0 Å². The summed E-state index contributed by atoms with van der Waals surface area (Å²) in [4.78, 5) is 2.28. The first-order valence-corrected chi connectivity index (χ1v) is 8.03. The van der Waals surface area contributed by atoms with E-state index in [1.165, 1.54) is 16.9 Å². The monoisotopic (exact) mass is 292 g/mol. The maximum atomic E-state index is 4.58. The average molecular weight is 292 g/mol. The Bertz CT molecular complexity index is 530. The van der Waals surface area contributed by atoms with E-state index in [-0.39, 0.29) is 0 Å². The first kappa shape index (κ1) is 15.1. The van der Waals surface area contributed by atoms with Crippen LogP contribution in [0.5, 0.6) is 0 Å². The van der Waals surface area contributed by atoms with Crippen LogP contribution in [0.4, 0.5) is 5.82 Å². The molecule has 0 radical (unpaired) electrons. The van der Waals surface area contributed by atoms with Crippen LogP contribution < -0.4 is 10.2 Å². The first-order chi connectivity index (χ1) is 9.63. The minimum atomic E-state index is 0.886. The number of nitrogens with zero attached hydrogens (tertiary/aromatic N) is 3. The van der Waals surface area contributed by atoms with Crippen molar-refractivity contribution in [3.63, 3.8) is 0 Å². The Morgan fingerprint density at radius 2 is 2.25 bits per heavy atom. The molecule has 0 atom stereocenters. The predicted molar refractivity (Wildman–Crippen MR) is 86.4 cm³/mol. The van der Waals surface area contributed by atoms with Crippen molar-refractivity contribution >= 4 is 17.2 Å². The number of aromatic nitrogens is 2. The van der Waals surface area contributed by atoms with E-state index in [9.17, 15) is 0 Å². The summed E-state index contributed by atoms with van der Waals surface area (Å²) in [5, 5.41) is 12.4. The van der Waals surface area contributed by atoms with Gasteiger partial charge in [-0.2, -0.15) is 16.4 Å². The van der Waals surface area contributed by atoms with Gasteiger partial charge in [-0.15, -0.1) is 0 Å². The van der Waals surface area contributed by atoms with Crippen LogP contribution in [0.1, 0.15) is 30.2 Å². The van der Waals surface area contributed by atoms with E-state index in [1.807, 2.05) is 11.7 Å². The lowest BCUT2D eigenvalue weighted by molar-refractivity contribution is 0.669. The van der Waals surface area contributed by atoms with Crippen molar-refractivity contribution in [3.8, 4) is 0 Å². The minimum absolute atomic E-state index is 0.886. The van der Waals surface area contributed by atoms with E-state index in [0.29, 0.717) is 0 Å². The molecule has 2 heterocycles. The number of hydrogen-bond donors (Lipinski definition) is 1. The zero-order valence-electron chi connectivity index (χ0n) is 12.8. The Labute approximate surface area is 125 Å². The highest BCUT2D eigenvalue weighted by atomic mass is 32.1. The van der Waals surface area contributed by atoms with Crippen LogP contribution in [0.25, 0.3) is 0 Å².